The fraction of sp³-hybridized carbons (Fsp3) is 0.220. The summed E-state index contributed by atoms with van der Waals surface area (Å²) in [6, 6.07) is 34.6. The van der Waals surface area contributed by atoms with E-state index in [1.54, 1.807) is 0 Å². The average Bonchev–Trinajstić information content (AvgIpc) is 3.16. The molecule has 0 heterocycles. The second kappa shape index (κ2) is 20.5. The topological polar surface area (TPSA) is 146 Å². The minimum absolute atomic E-state index is 0.0702. The van der Waals surface area contributed by atoms with Crippen LogP contribution in [-0.4, -0.2) is 71.0 Å². The Labute approximate surface area is 316 Å². The number of thioether (sulfide) groups is 2. The Kier molecular flexibility index (Phi) is 15.6. The van der Waals surface area contributed by atoms with Gasteiger partial charge in [-0.25, -0.2) is 19.2 Å². The van der Waals surface area contributed by atoms with Gasteiger partial charge in [0.15, 0.2) is 0 Å². The fourth-order valence-corrected chi connectivity index (χ4v) is 6.59. The van der Waals surface area contributed by atoms with E-state index in [9.17, 15) is 19.2 Å². The monoisotopic (exact) mass is 756 g/mol. The highest BCUT2D eigenvalue weighted by molar-refractivity contribution is 7.99. The number of hydrogen-bond acceptors (Lipinski definition) is 10. The summed E-state index contributed by atoms with van der Waals surface area (Å²) in [7, 11) is 0. The lowest BCUT2D eigenvalue weighted by Gasteiger charge is -2.27. The predicted octanol–water partition coefficient (Wildman–Crippen LogP) is 7.46. The van der Waals surface area contributed by atoms with Gasteiger partial charge in [0.25, 0.3) is 0 Å². The summed E-state index contributed by atoms with van der Waals surface area (Å²) in [4.78, 5) is 48.1. The third-order valence-electron chi connectivity index (χ3n) is 7.67. The maximum atomic E-state index is 12.2. The summed E-state index contributed by atoms with van der Waals surface area (Å²) in [5.41, 5.74) is 1.66. The maximum Gasteiger partial charge on any atom is 0.331 e. The minimum atomic E-state index is -1.24. The van der Waals surface area contributed by atoms with E-state index in [-0.39, 0.29) is 13.2 Å². The number of carboxylic acids is 2. The molecular formula is C41H40O10S2. The van der Waals surface area contributed by atoms with Crippen LogP contribution >= 0.6 is 23.5 Å². The molecule has 0 bridgehead atoms. The average molecular weight is 757 g/mol. The van der Waals surface area contributed by atoms with Crippen molar-refractivity contribution < 1.29 is 48.3 Å². The van der Waals surface area contributed by atoms with Gasteiger partial charge in [0.05, 0.1) is 0 Å². The Morgan fingerprint density at radius 3 is 1.26 bits per heavy atom. The Bertz CT molecular complexity index is 1710. The summed E-state index contributed by atoms with van der Waals surface area (Å²) in [5, 5.41) is 17.7. The van der Waals surface area contributed by atoms with Crippen LogP contribution in [0.1, 0.15) is 25.0 Å². The SMILES string of the molecule is CC(C)(c1ccc(OCC(CSc2ccccc2)OC(=O)/C=C/C(=O)O)cc1)c1ccc(OCC(CSc2ccccc2)OC(=O)/C=C/C(=O)O)cc1. The summed E-state index contributed by atoms with van der Waals surface area (Å²) in [6.45, 7) is 4.34. The van der Waals surface area contributed by atoms with E-state index in [4.69, 9.17) is 29.2 Å². The quantitative estimate of drug-likeness (QED) is 0.0525. The molecule has 0 aliphatic carbocycles. The van der Waals surface area contributed by atoms with Crippen molar-refractivity contribution in [3.8, 4) is 11.5 Å². The molecule has 0 aromatic heterocycles. The summed E-state index contributed by atoms with van der Waals surface area (Å²) in [5.74, 6) is -2.04. The first-order valence-corrected chi connectivity index (χ1v) is 18.5. The van der Waals surface area contributed by atoms with Crippen LogP contribution < -0.4 is 9.47 Å². The molecule has 2 unspecified atom stereocenters. The third kappa shape index (κ3) is 14.2. The third-order valence-corrected chi connectivity index (χ3v) is 9.96. The summed E-state index contributed by atoms with van der Waals surface area (Å²) in [6.07, 6.45) is 1.95. The van der Waals surface area contributed by atoms with Gasteiger partial charge < -0.3 is 29.2 Å². The number of carbonyl (C=O) groups excluding carboxylic acids is 2. The van der Waals surface area contributed by atoms with Crippen molar-refractivity contribution in [3.63, 3.8) is 0 Å². The molecule has 0 spiro atoms. The summed E-state index contributed by atoms with van der Waals surface area (Å²) >= 11 is 2.99. The van der Waals surface area contributed by atoms with Crippen LogP contribution in [0, 0.1) is 0 Å². The molecule has 10 nitrogen and oxygen atoms in total. The van der Waals surface area contributed by atoms with E-state index in [1.807, 2.05) is 109 Å². The van der Waals surface area contributed by atoms with Crippen LogP contribution in [0.15, 0.2) is 143 Å². The Morgan fingerprint density at radius 1 is 0.566 bits per heavy atom. The van der Waals surface area contributed by atoms with Gasteiger partial charge in [-0.2, -0.15) is 0 Å². The predicted molar refractivity (Wildman–Crippen MR) is 204 cm³/mol. The number of aliphatic carboxylic acids is 2. The molecule has 4 rings (SSSR count). The van der Waals surface area contributed by atoms with Crippen molar-refractivity contribution >= 4 is 47.4 Å². The van der Waals surface area contributed by atoms with Gasteiger partial charge in [-0.3, -0.25) is 0 Å². The lowest BCUT2D eigenvalue weighted by atomic mass is 9.78. The number of carboxylic acid groups (broad SMARTS) is 2. The van der Waals surface area contributed by atoms with E-state index in [0.29, 0.717) is 23.0 Å². The first-order valence-electron chi connectivity index (χ1n) is 16.5. The molecule has 0 fully saturated rings. The van der Waals surface area contributed by atoms with Gasteiger partial charge in [0.2, 0.25) is 0 Å². The molecule has 0 saturated heterocycles. The normalized spacial score (nSPS) is 12.6. The molecule has 0 aliphatic rings. The minimum Gasteiger partial charge on any atom is -0.490 e. The zero-order chi connectivity index (χ0) is 38.1. The summed E-state index contributed by atoms with van der Waals surface area (Å²) < 4.78 is 23.0. The maximum absolute atomic E-state index is 12.2. The van der Waals surface area contributed by atoms with Crippen LogP contribution in [0.2, 0.25) is 0 Å². The lowest BCUT2D eigenvalue weighted by Crippen LogP contribution is -2.27. The van der Waals surface area contributed by atoms with E-state index in [1.165, 1.54) is 23.5 Å². The van der Waals surface area contributed by atoms with Crippen molar-refractivity contribution in [1.29, 1.82) is 0 Å². The molecule has 2 N–H and O–H groups in total. The number of benzene rings is 4. The standard InChI is InChI=1S/C41H40O10S2/c1-41(2,29-13-17-31(18-14-29)48-25-33(50-39(46)23-21-37(42)43)27-52-35-9-5-3-6-10-35)30-15-19-32(20-16-30)49-26-34(51-40(47)24-22-38(44)45)28-53-36-11-7-4-8-12-36/h3-24,33-34H,25-28H2,1-2H3,(H,42,43)(H,44,45)/b23-21+,24-22+. The molecule has 0 amide bonds. The zero-order valence-electron chi connectivity index (χ0n) is 29.2. The van der Waals surface area contributed by atoms with Crippen LogP contribution in [0.5, 0.6) is 11.5 Å². The smallest absolute Gasteiger partial charge is 0.331 e. The van der Waals surface area contributed by atoms with Crippen molar-refractivity contribution in [2.24, 2.45) is 0 Å². The molecule has 0 radical (unpaired) electrons. The van der Waals surface area contributed by atoms with Crippen LogP contribution in [0.4, 0.5) is 0 Å². The second-order valence-electron chi connectivity index (χ2n) is 12.0. The molecule has 53 heavy (non-hydrogen) atoms. The molecule has 276 valence electrons. The fourth-order valence-electron chi connectivity index (χ4n) is 4.81. The second-order valence-corrected chi connectivity index (χ2v) is 14.2. The van der Waals surface area contributed by atoms with Crippen molar-refractivity contribution in [3.05, 3.63) is 145 Å². The molecule has 0 saturated carbocycles. The molecule has 4 aromatic carbocycles. The van der Waals surface area contributed by atoms with Crippen molar-refractivity contribution in [2.45, 2.75) is 41.3 Å². The molecule has 12 heteroatoms. The van der Waals surface area contributed by atoms with Crippen LogP contribution in [0.3, 0.4) is 0 Å². The zero-order valence-corrected chi connectivity index (χ0v) is 30.8. The van der Waals surface area contributed by atoms with Gasteiger partial charge in [-0.05, 0) is 59.7 Å². The Morgan fingerprint density at radius 2 is 0.925 bits per heavy atom. The van der Waals surface area contributed by atoms with Crippen molar-refractivity contribution in [1.82, 2.24) is 0 Å². The number of rotatable bonds is 20. The highest BCUT2D eigenvalue weighted by atomic mass is 32.2. The lowest BCUT2D eigenvalue weighted by molar-refractivity contribution is -0.144. The van der Waals surface area contributed by atoms with E-state index in [0.717, 1.165) is 45.2 Å². The molecule has 0 aliphatic heterocycles. The van der Waals surface area contributed by atoms with Gasteiger partial charge in [-0.15, -0.1) is 23.5 Å². The largest absolute Gasteiger partial charge is 0.490 e. The molecular weight excluding hydrogens is 717 g/mol. The Balaban J connectivity index is 1.35. The Hall–Kier alpha value is -5.46. The molecule has 2 atom stereocenters. The van der Waals surface area contributed by atoms with Gasteiger partial charge >= 0.3 is 23.9 Å². The van der Waals surface area contributed by atoms with Gasteiger partial charge in [-0.1, -0.05) is 74.5 Å². The van der Waals surface area contributed by atoms with Gasteiger partial charge in [0, 0.05) is 51.0 Å². The van der Waals surface area contributed by atoms with Crippen LogP contribution in [-0.2, 0) is 34.1 Å². The number of ether oxygens (including phenoxy) is 4. The van der Waals surface area contributed by atoms with E-state index in [2.05, 4.69) is 13.8 Å². The number of carbonyl (C=O) groups is 4. The van der Waals surface area contributed by atoms with E-state index < -0.39 is 41.5 Å². The molecule has 4 aromatic rings. The van der Waals surface area contributed by atoms with Crippen LogP contribution in [0.25, 0.3) is 0 Å². The highest BCUT2D eigenvalue weighted by Gasteiger charge is 2.24. The van der Waals surface area contributed by atoms with Gasteiger partial charge in [0.1, 0.15) is 36.9 Å². The first-order chi connectivity index (χ1) is 25.5. The first kappa shape index (κ1) is 40.3. The van der Waals surface area contributed by atoms with Crippen molar-refractivity contribution in [2.75, 3.05) is 24.7 Å². The number of hydrogen-bond donors (Lipinski definition) is 2. The van der Waals surface area contributed by atoms with E-state index >= 15 is 0 Å². The number of esters is 2. The highest BCUT2D eigenvalue weighted by Crippen LogP contribution is 2.33.